The Bertz CT molecular complexity index is 1140. The van der Waals surface area contributed by atoms with Gasteiger partial charge in [0.2, 0.25) is 5.82 Å². The minimum Gasteiger partial charge on any atom is -0.493 e. The summed E-state index contributed by atoms with van der Waals surface area (Å²) in [7, 11) is 1.07. The van der Waals surface area contributed by atoms with E-state index in [-0.39, 0.29) is 11.6 Å². The molecule has 0 bridgehead atoms. The van der Waals surface area contributed by atoms with E-state index < -0.39 is 53.0 Å². The van der Waals surface area contributed by atoms with Gasteiger partial charge >= 0.3 is 6.18 Å². The zero-order chi connectivity index (χ0) is 27.0. The largest absolute Gasteiger partial charge is 0.493 e. The summed E-state index contributed by atoms with van der Waals surface area (Å²) in [5.74, 6) is -6.65. The van der Waals surface area contributed by atoms with Crippen molar-refractivity contribution in [1.29, 1.82) is 0 Å². The molecule has 7 nitrogen and oxygen atoms in total. The molecular formula is C25H28F5N3O4. The summed E-state index contributed by atoms with van der Waals surface area (Å²) < 4.78 is 86.5. The second kappa shape index (κ2) is 10.5. The third kappa shape index (κ3) is 5.27. The molecule has 0 unspecified atom stereocenters. The molecule has 2 saturated heterocycles. The Morgan fingerprint density at radius 3 is 2.70 bits per heavy atom. The average molecular weight is 530 g/mol. The van der Waals surface area contributed by atoms with E-state index in [4.69, 9.17) is 14.2 Å². The van der Waals surface area contributed by atoms with Crippen LogP contribution < -0.4 is 15.4 Å². The molecule has 2 fully saturated rings. The summed E-state index contributed by atoms with van der Waals surface area (Å²) >= 11 is 0. The summed E-state index contributed by atoms with van der Waals surface area (Å²) in [6.45, 7) is 3.91. The van der Waals surface area contributed by atoms with Gasteiger partial charge in [0, 0.05) is 54.0 Å². The first-order valence-electron chi connectivity index (χ1n) is 11.8. The molecule has 37 heavy (non-hydrogen) atoms. The maximum Gasteiger partial charge on any atom is 0.417 e. The number of carbonyl (C=O) groups excluding carboxylic acids is 1. The maximum absolute atomic E-state index is 14.5. The number of hydrogen-bond acceptors (Lipinski definition) is 6. The number of nitrogens with zero attached hydrogens (tertiary/aromatic N) is 1. The smallest absolute Gasteiger partial charge is 0.417 e. The van der Waals surface area contributed by atoms with Crippen LogP contribution in [0.1, 0.15) is 31.0 Å². The van der Waals surface area contributed by atoms with Gasteiger partial charge in [0.1, 0.15) is 6.10 Å². The Morgan fingerprint density at radius 2 is 2.05 bits per heavy atom. The number of alkyl halides is 3. The van der Waals surface area contributed by atoms with Crippen molar-refractivity contribution in [2.24, 2.45) is 5.92 Å². The fraction of sp³-hybridized carbons (Fsp3) is 0.520. The quantitative estimate of drug-likeness (QED) is 0.552. The predicted octanol–water partition coefficient (Wildman–Crippen LogP) is 3.98. The normalized spacial score (nSPS) is 28.2. The Morgan fingerprint density at radius 1 is 1.30 bits per heavy atom. The van der Waals surface area contributed by atoms with Crippen LogP contribution in [0.25, 0.3) is 0 Å². The number of pyridine rings is 1. The fourth-order valence-electron chi connectivity index (χ4n) is 4.92. The van der Waals surface area contributed by atoms with Crippen molar-refractivity contribution in [3.8, 4) is 5.75 Å². The number of hydrogen-bond donors (Lipinski definition) is 2. The molecule has 202 valence electrons. The number of methoxy groups -OCH3 is 1. The lowest BCUT2D eigenvalue weighted by atomic mass is 9.77. The van der Waals surface area contributed by atoms with Gasteiger partial charge in [-0.05, 0) is 25.1 Å². The van der Waals surface area contributed by atoms with E-state index in [1.165, 1.54) is 19.2 Å². The Labute approximate surface area is 210 Å². The molecule has 0 spiro atoms. The number of rotatable bonds is 6. The molecule has 3 heterocycles. The van der Waals surface area contributed by atoms with E-state index >= 15 is 0 Å². The summed E-state index contributed by atoms with van der Waals surface area (Å²) in [5.41, 5.74) is -1.88. The van der Waals surface area contributed by atoms with Crippen LogP contribution in [0.5, 0.6) is 5.75 Å². The number of amides is 1. The van der Waals surface area contributed by atoms with Crippen LogP contribution in [-0.4, -0.2) is 61.7 Å². The average Bonchev–Trinajstić information content (AvgIpc) is 3.13. The maximum atomic E-state index is 14.5. The van der Waals surface area contributed by atoms with Crippen LogP contribution in [0.4, 0.5) is 27.6 Å². The number of morpholine rings is 1. The molecule has 12 heteroatoms. The zero-order valence-corrected chi connectivity index (χ0v) is 20.5. The van der Waals surface area contributed by atoms with Gasteiger partial charge in [-0.2, -0.15) is 17.6 Å². The second-order valence-electron chi connectivity index (χ2n) is 9.40. The van der Waals surface area contributed by atoms with Gasteiger partial charge in [-0.15, -0.1) is 0 Å². The number of ether oxygens (including phenoxy) is 3. The number of benzene rings is 1. The molecule has 2 aliphatic rings. The number of halogens is 5. The molecule has 0 radical (unpaired) electrons. The molecule has 1 aromatic carbocycles. The molecule has 1 aromatic heterocycles. The number of aromatic nitrogens is 1. The van der Waals surface area contributed by atoms with Crippen LogP contribution in [0, 0.1) is 17.6 Å². The molecule has 2 aliphatic heterocycles. The molecule has 0 saturated carbocycles. The van der Waals surface area contributed by atoms with Crippen LogP contribution in [0.15, 0.2) is 30.5 Å². The molecule has 5 atom stereocenters. The van der Waals surface area contributed by atoms with Crippen molar-refractivity contribution in [3.63, 3.8) is 0 Å². The number of anilines is 1. The van der Waals surface area contributed by atoms with E-state index in [2.05, 4.69) is 15.6 Å². The van der Waals surface area contributed by atoms with E-state index in [0.29, 0.717) is 37.6 Å². The van der Waals surface area contributed by atoms with Crippen molar-refractivity contribution in [2.45, 2.75) is 50.1 Å². The zero-order valence-electron chi connectivity index (χ0n) is 20.5. The minimum absolute atomic E-state index is 0.0314. The number of nitrogens with one attached hydrogen (secondary N) is 2. The third-order valence-electron chi connectivity index (χ3n) is 7.11. The van der Waals surface area contributed by atoms with Crippen LogP contribution in [-0.2, 0) is 20.7 Å². The summed E-state index contributed by atoms with van der Waals surface area (Å²) in [6, 6.07) is 5.05. The van der Waals surface area contributed by atoms with E-state index in [0.717, 1.165) is 26.2 Å². The Balaban J connectivity index is 1.64. The highest BCUT2D eigenvalue weighted by atomic mass is 19.4. The Kier molecular flexibility index (Phi) is 7.72. The van der Waals surface area contributed by atoms with Crippen molar-refractivity contribution >= 4 is 11.6 Å². The monoisotopic (exact) mass is 529 g/mol. The highest BCUT2D eigenvalue weighted by Gasteiger charge is 2.65. The van der Waals surface area contributed by atoms with Gasteiger partial charge in [0.25, 0.3) is 5.91 Å². The Hall–Kier alpha value is -2.83. The minimum atomic E-state index is -4.84. The highest BCUT2D eigenvalue weighted by Crippen LogP contribution is 2.55. The van der Waals surface area contributed by atoms with Crippen molar-refractivity contribution in [1.82, 2.24) is 10.3 Å². The van der Waals surface area contributed by atoms with Crippen molar-refractivity contribution in [2.75, 3.05) is 32.2 Å². The van der Waals surface area contributed by atoms with Gasteiger partial charge in [-0.3, -0.25) is 9.78 Å². The summed E-state index contributed by atoms with van der Waals surface area (Å²) in [6.07, 6.45) is -4.53. The van der Waals surface area contributed by atoms with Crippen molar-refractivity contribution in [3.05, 3.63) is 53.4 Å². The molecule has 2 aromatic rings. The van der Waals surface area contributed by atoms with E-state index in [9.17, 15) is 26.7 Å². The predicted molar refractivity (Wildman–Crippen MR) is 123 cm³/mol. The molecular weight excluding hydrogens is 501 g/mol. The fourth-order valence-corrected chi connectivity index (χ4v) is 4.92. The third-order valence-corrected chi connectivity index (χ3v) is 7.11. The first-order chi connectivity index (χ1) is 17.5. The van der Waals surface area contributed by atoms with Gasteiger partial charge in [0.05, 0.1) is 20.3 Å². The lowest BCUT2D eigenvalue weighted by Crippen LogP contribution is -2.47. The SMILES string of the molecule is COc1c([C@H]2[C@H](C(=O)Nc3ccnc(C[C@@H]4COCCN4)c3)O[C@@](C)(C(F)(F)F)[C@H]2C)ccc(F)c1F. The van der Waals surface area contributed by atoms with Gasteiger partial charge in [-0.25, -0.2) is 4.39 Å². The second-order valence-corrected chi connectivity index (χ2v) is 9.40. The highest BCUT2D eigenvalue weighted by molar-refractivity contribution is 5.95. The van der Waals surface area contributed by atoms with E-state index in [1.807, 2.05) is 0 Å². The molecule has 1 amide bonds. The first-order valence-corrected chi connectivity index (χ1v) is 11.8. The van der Waals surface area contributed by atoms with Crippen molar-refractivity contribution < 1.29 is 41.0 Å². The first kappa shape index (κ1) is 27.2. The summed E-state index contributed by atoms with van der Waals surface area (Å²) in [4.78, 5) is 17.6. The molecule has 2 N–H and O–H groups in total. The lowest BCUT2D eigenvalue weighted by Gasteiger charge is -2.32. The van der Waals surface area contributed by atoms with Gasteiger partial charge < -0.3 is 24.8 Å². The standard InChI is InChI=1S/C25H28F5N3O4/c1-13-19(17-4-5-18(26)20(27)21(17)35-3)22(37-24(13,2)25(28,29)30)23(34)33-14-6-7-31-15(10-14)11-16-12-36-9-8-32-16/h4-7,10,13,16,19,22,32H,8-9,11-12H2,1-3H3,(H,31,33,34)/t13-,16+,19-,22+,24+/m0/s1. The van der Waals surface area contributed by atoms with Crippen LogP contribution in [0.3, 0.4) is 0 Å². The van der Waals surface area contributed by atoms with Gasteiger partial charge in [0.15, 0.2) is 17.2 Å². The topological polar surface area (TPSA) is 81.7 Å². The van der Waals surface area contributed by atoms with Gasteiger partial charge in [-0.1, -0.05) is 13.0 Å². The van der Waals surface area contributed by atoms with Crippen LogP contribution >= 0.6 is 0 Å². The van der Waals surface area contributed by atoms with E-state index in [1.54, 1.807) is 6.07 Å². The lowest BCUT2D eigenvalue weighted by molar-refractivity contribution is -0.272. The summed E-state index contributed by atoms with van der Waals surface area (Å²) in [5, 5.41) is 5.90. The number of carbonyl (C=O) groups is 1. The molecule has 0 aliphatic carbocycles. The van der Waals surface area contributed by atoms with Crippen LogP contribution in [0.2, 0.25) is 0 Å². The molecule has 4 rings (SSSR count).